The van der Waals surface area contributed by atoms with E-state index in [1.54, 1.807) is 0 Å². The summed E-state index contributed by atoms with van der Waals surface area (Å²) in [5.74, 6) is 1.36. The van der Waals surface area contributed by atoms with Gasteiger partial charge in [-0.05, 0) is 119 Å². The van der Waals surface area contributed by atoms with Crippen LogP contribution in [0.1, 0.15) is 30.7 Å². The number of allylic oxidation sites excluding steroid dienone is 1. The molecule has 1 atom stereocenters. The summed E-state index contributed by atoms with van der Waals surface area (Å²) in [5, 5.41) is 10.0. The highest BCUT2D eigenvalue weighted by Crippen LogP contribution is 2.46. The van der Waals surface area contributed by atoms with Crippen molar-refractivity contribution in [2.24, 2.45) is 0 Å². The van der Waals surface area contributed by atoms with E-state index in [4.69, 9.17) is 4.98 Å². The first-order chi connectivity index (χ1) is 27.7. The van der Waals surface area contributed by atoms with Crippen molar-refractivity contribution in [3.8, 4) is 50.5 Å². The van der Waals surface area contributed by atoms with E-state index in [2.05, 4.69) is 206 Å². The van der Waals surface area contributed by atoms with Crippen molar-refractivity contribution < 1.29 is 0 Å². The lowest BCUT2D eigenvalue weighted by molar-refractivity contribution is 0.745. The highest BCUT2D eigenvalue weighted by atomic mass is 15.1. The topological polar surface area (TPSA) is 17.8 Å². The number of hydrogen-bond acceptors (Lipinski definition) is 1. The Bertz CT molecular complexity index is 3170. The molecule has 0 saturated heterocycles. The van der Waals surface area contributed by atoms with Gasteiger partial charge in [0.1, 0.15) is 5.82 Å². The minimum Gasteiger partial charge on any atom is -0.293 e. The van der Waals surface area contributed by atoms with Crippen LogP contribution in [0.3, 0.4) is 0 Å². The largest absolute Gasteiger partial charge is 0.293 e. The van der Waals surface area contributed by atoms with Crippen LogP contribution in [0.15, 0.2) is 188 Å². The predicted octanol–water partition coefficient (Wildman–Crippen LogP) is 14.7. The average Bonchev–Trinajstić information content (AvgIpc) is 3.66. The Morgan fingerprint density at radius 3 is 1.62 bits per heavy atom. The maximum atomic E-state index is 5.29. The van der Waals surface area contributed by atoms with E-state index in [-0.39, 0.29) is 0 Å². The van der Waals surface area contributed by atoms with Crippen molar-refractivity contribution in [2.75, 3.05) is 0 Å². The van der Waals surface area contributed by atoms with Crippen LogP contribution in [0.25, 0.3) is 99.6 Å². The van der Waals surface area contributed by atoms with Gasteiger partial charge in [0.2, 0.25) is 0 Å². The Kier molecular flexibility index (Phi) is 7.57. The Morgan fingerprint density at radius 2 is 0.964 bits per heavy atom. The number of imidazole rings is 1. The fourth-order valence-electron chi connectivity index (χ4n) is 8.98. The molecule has 11 rings (SSSR count). The molecule has 1 aliphatic rings. The molecular weight excluding hydrogens is 677 g/mol. The molecule has 264 valence electrons. The normalized spacial score (nSPS) is 13.8. The van der Waals surface area contributed by atoms with Gasteiger partial charge < -0.3 is 0 Å². The lowest BCUT2D eigenvalue weighted by atomic mass is 9.84. The molecule has 9 aromatic carbocycles. The molecule has 0 aliphatic heterocycles. The smallest absolute Gasteiger partial charge is 0.145 e. The zero-order chi connectivity index (χ0) is 37.2. The number of benzene rings is 9. The molecule has 2 nitrogen and oxygen atoms in total. The maximum absolute atomic E-state index is 5.29. The minimum absolute atomic E-state index is 0.378. The van der Waals surface area contributed by atoms with Crippen LogP contribution in [-0.4, -0.2) is 9.55 Å². The monoisotopic (exact) mass is 714 g/mol. The van der Waals surface area contributed by atoms with Gasteiger partial charge in [-0.25, -0.2) is 4.98 Å². The molecule has 0 radical (unpaired) electrons. The number of para-hydroxylation sites is 1. The molecule has 10 aromatic rings. The molecule has 0 spiro atoms. The van der Waals surface area contributed by atoms with Crippen LogP contribution < -0.4 is 0 Å². The van der Waals surface area contributed by atoms with Gasteiger partial charge in [-0.2, -0.15) is 0 Å². The van der Waals surface area contributed by atoms with Crippen molar-refractivity contribution >= 4 is 49.2 Å². The molecule has 0 saturated carbocycles. The molecule has 1 aromatic heterocycles. The van der Waals surface area contributed by atoms with Crippen molar-refractivity contribution in [1.29, 1.82) is 0 Å². The van der Waals surface area contributed by atoms with E-state index >= 15 is 0 Å². The maximum Gasteiger partial charge on any atom is 0.145 e. The third-order valence-electron chi connectivity index (χ3n) is 11.8. The van der Waals surface area contributed by atoms with Gasteiger partial charge >= 0.3 is 0 Å². The summed E-state index contributed by atoms with van der Waals surface area (Å²) < 4.78 is 2.32. The fourth-order valence-corrected chi connectivity index (χ4v) is 8.98. The Morgan fingerprint density at radius 1 is 0.446 bits per heavy atom. The van der Waals surface area contributed by atoms with E-state index in [9.17, 15) is 0 Å². The molecule has 1 aliphatic carbocycles. The standard InChI is InChI=1S/C54H38N2/c1-35-12-11-21-50-53(35)55-54(56(50)45-17-3-2-4-18-45)39-26-22-38(23-27-39)42-30-31-48-49(34-42)52(44-29-25-37-14-6-8-16-41(37)33-44)47-20-10-9-19-46(47)51(48)43-28-24-36-13-5-7-15-40(36)32-43/h2-11,13-35H,12H2,1H3. The predicted molar refractivity (Wildman–Crippen MR) is 237 cm³/mol. The summed E-state index contributed by atoms with van der Waals surface area (Å²) in [7, 11) is 0. The summed E-state index contributed by atoms with van der Waals surface area (Å²) in [4.78, 5) is 5.29. The van der Waals surface area contributed by atoms with E-state index in [0.717, 1.165) is 23.5 Å². The zero-order valence-corrected chi connectivity index (χ0v) is 31.2. The van der Waals surface area contributed by atoms with E-state index in [1.807, 2.05) is 0 Å². The average molecular weight is 715 g/mol. The van der Waals surface area contributed by atoms with Crippen molar-refractivity contribution in [3.63, 3.8) is 0 Å². The molecular formula is C54H38N2. The SMILES string of the molecule is CC1CC=Cc2c1nc(-c1ccc(-c3ccc4c(-c5ccc6ccccc6c5)c5ccccc5c(-c5ccc6ccccc6c5)c4c3)cc1)n2-c1ccccc1. The van der Waals surface area contributed by atoms with Crippen LogP contribution >= 0.6 is 0 Å². The second kappa shape index (κ2) is 13.1. The number of nitrogens with zero attached hydrogens (tertiary/aromatic N) is 2. The number of aromatic nitrogens is 2. The molecule has 1 unspecified atom stereocenters. The van der Waals surface area contributed by atoms with Gasteiger partial charge in [0, 0.05) is 17.2 Å². The number of hydrogen-bond donors (Lipinski definition) is 0. The van der Waals surface area contributed by atoms with Crippen molar-refractivity contribution in [2.45, 2.75) is 19.3 Å². The van der Waals surface area contributed by atoms with Crippen molar-refractivity contribution in [3.05, 3.63) is 199 Å². The van der Waals surface area contributed by atoms with E-state index in [1.165, 1.54) is 87.9 Å². The van der Waals surface area contributed by atoms with Gasteiger partial charge in [-0.1, -0.05) is 165 Å². The van der Waals surface area contributed by atoms with Gasteiger partial charge in [-0.3, -0.25) is 4.57 Å². The fraction of sp³-hybridized carbons (Fsp3) is 0.0556. The molecule has 0 bridgehead atoms. The molecule has 1 heterocycles. The molecule has 56 heavy (non-hydrogen) atoms. The first-order valence-corrected chi connectivity index (χ1v) is 19.6. The van der Waals surface area contributed by atoms with Gasteiger partial charge in [0.05, 0.1) is 11.4 Å². The van der Waals surface area contributed by atoms with Gasteiger partial charge in [-0.15, -0.1) is 0 Å². The highest BCUT2D eigenvalue weighted by molar-refractivity contribution is 6.22. The number of rotatable bonds is 5. The summed E-state index contributed by atoms with van der Waals surface area (Å²) in [6.45, 7) is 2.28. The van der Waals surface area contributed by atoms with Crippen LogP contribution in [0.2, 0.25) is 0 Å². The van der Waals surface area contributed by atoms with Crippen molar-refractivity contribution in [1.82, 2.24) is 9.55 Å². The summed E-state index contributed by atoms with van der Waals surface area (Å²) in [6, 6.07) is 66.8. The van der Waals surface area contributed by atoms with Crippen LogP contribution in [-0.2, 0) is 0 Å². The zero-order valence-electron chi connectivity index (χ0n) is 31.2. The Hall–Kier alpha value is -7.03. The lowest BCUT2D eigenvalue weighted by Crippen LogP contribution is -2.03. The second-order valence-corrected chi connectivity index (χ2v) is 15.2. The summed E-state index contributed by atoms with van der Waals surface area (Å²) in [6.07, 6.45) is 5.53. The highest BCUT2D eigenvalue weighted by Gasteiger charge is 2.24. The summed E-state index contributed by atoms with van der Waals surface area (Å²) >= 11 is 0. The first kappa shape index (κ1) is 32.4. The number of fused-ring (bicyclic) bond motifs is 5. The van der Waals surface area contributed by atoms with E-state index in [0.29, 0.717) is 5.92 Å². The molecule has 0 N–H and O–H groups in total. The second-order valence-electron chi connectivity index (χ2n) is 15.2. The first-order valence-electron chi connectivity index (χ1n) is 19.6. The Labute approximate surface area is 326 Å². The molecule has 0 amide bonds. The van der Waals surface area contributed by atoms with Crippen LogP contribution in [0, 0.1) is 0 Å². The van der Waals surface area contributed by atoms with Crippen LogP contribution in [0.5, 0.6) is 0 Å². The third-order valence-corrected chi connectivity index (χ3v) is 11.8. The summed E-state index contributed by atoms with van der Waals surface area (Å²) in [5.41, 5.74) is 11.9. The third kappa shape index (κ3) is 5.29. The lowest BCUT2D eigenvalue weighted by Gasteiger charge is -2.19. The Balaban J connectivity index is 1.12. The molecule has 0 fully saturated rings. The molecule has 2 heteroatoms. The quantitative estimate of drug-likeness (QED) is 0.162. The van der Waals surface area contributed by atoms with Gasteiger partial charge in [0.25, 0.3) is 0 Å². The van der Waals surface area contributed by atoms with E-state index < -0.39 is 0 Å². The van der Waals surface area contributed by atoms with Gasteiger partial charge in [0.15, 0.2) is 0 Å². The minimum atomic E-state index is 0.378. The van der Waals surface area contributed by atoms with Crippen LogP contribution in [0.4, 0.5) is 0 Å².